The first-order chi connectivity index (χ1) is 7.09. The molecule has 0 spiro atoms. The van der Waals surface area contributed by atoms with Gasteiger partial charge in [-0.05, 0) is 26.2 Å². The predicted molar refractivity (Wildman–Crippen MR) is 58.7 cm³/mol. The number of carbonyl (C=O) groups is 2. The van der Waals surface area contributed by atoms with Crippen molar-refractivity contribution in [2.45, 2.75) is 44.0 Å². The molecule has 1 aliphatic rings. The van der Waals surface area contributed by atoms with Crippen LogP contribution in [0.5, 0.6) is 0 Å². The molecule has 0 aromatic rings. The van der Waals surface area contributed by atoms with Crippen molar-refractivity contribution in [1.29, 1.82) is 0 Å². The molecule has 15 heavy (non-hydrogen) atoms. The van der Waals surface area contributed by atoms with Crippen LogP contribution >= 0.6 is 11.6 Å². The van der Waals surface area contributed by atoms with Crippen LogP contribution in [0.15, 0.2) is 0 Å². The zero-order valence-corrected chi connectivity index (χ0v) is 9.64. The van der Waals surface area contributed by atoms with E-state index >= 15 is 0 Å². The summed E-state index contributed by atoms with van der Waals surface area (Å²) in [4.78, 5) is 22.3. The summed E-state index contributed by atoms with van der Waals surface area (Å²) in [5, 5.41) is 5.03. The molecule has 86 valence electrons. The molecule has 1 rings (SSSR count). The van der Waals surface area contributed by atoms with E-state index < -0.39 is 5.38 Å². The van der Waals surface area contributed by atoms with Crippen LogP contribution in [0.25, 0.3) is 0 Å². The molecule has 5 heteroatoms. The lowest BCUT2D eigenvalue weighted by Crippen LogP contribution is -2.31. The Balaban J connectivity index is 1.95. The van der Waals surface area contributed by atoms with E-state index in [2.05, 4.69) is 10.6 Å². The molecule has 1 fully saturated rings. The molecule has 1 aliphatic carbocycles. The maximum atomic E-state index is 11.2. The van der Waals surface area contributed by atoms with Crippen LogP contribution in [0.4, 0.5) is 0 Å². The van der Waals surface area contributed by atoms with Crippen LogP contribution in [0.3, 0.4) is 0 Å². The van der Waals surface area contributed by atoms with E-state index in [9.17, 15) is 9.59 Å². The van der Waals surface area contributed by atoms with Gasteiger partial charge in [-0.3, -0.25) is 9.59 Å². The van der Waals surface area contributed by atoms with Gasteiger partial charge < -0.3 is 10.6 Å². The third-order valence-corrected chi connectivity index (χ3v) is 2.38. The molecular formula is C10H17ClN2O2. The molecule has 1 unspecified atom stereocenters. The monoisotopic (exact) mass is 232 g/mol. The van der Waals surface area contributed by atoms with Crippen molar-refractivity contribution >= 4 is 23.4 Å². The molecule has 0 saturated heterocycles. The highest BCUT2D eigenvalue weighted by Gasteiger charge is 2.22. The Kier molecular flexibility index (Phi) is 4.88. The van der Waals surface area contributed by atoms with E-state index in [4.69, 9.17) is 11.6 Å². The molecule has 0 aromatic carbocycles. The zero-order valence-electron chi connectivity index (χ0n) is 8.88. The number of rotatable bonds is 6. The smallest absolute Gasteiger partial charge is 0.237 e. The van der Waals surface area contributed by atoms with E-state index in [1.165, 1.54) is 0 Å². The van der Waals surface area contributed by atoms with Gasteiger partial charge in [0.15, 0.2) is 0 Å². The van der Waals surface area contributed by atoms with Crippen LogP contribution in [0.2, 0.25) is 0 Å². The molecule has 2 N–H and O–H groups in total. The second-order valence-electron chi connectivity index (χ2n) is 3.85. The van der Waals surface area contributed by atoms with E-state index in [1.54, 1.807) is 6.92 Å². The van der Waals surface area contributed by atoms with Crippen LogP contribution in [0, 0.1) is 0 Å². The molecular weight excluding hydrogens is 216 g/mol. The maximum absolute atomic E-state index is 11.2. The SMILES string of the molecule is CC(Cl)C(=O)NCCCC(=O)NC1CC1. The fourth-order valence-corrected chi connectivity index (χ4v) is 1.21. The lowest BCUT2D eigenvalue weighted by atomic mass is 10.3. The number of hydrogen-bond donors (Lipinski definition) is 2. The Morgan fingerprint density at radius 2 is 2.13 bits per heavy atom. The summed E-state index contributed by atoms with van der Waals surface area (Å²) in [5.74, 6) is -0.107. The standard InChI is InChI=1S/C10H17ClN2O2/c1-7(11)10(15)12-6-2-3-9(14)13-8-4-5-8/h7-8H,2-6H2,1H3,(H,12,15)(H,13,14). The van der Waals surface area contributed by atoms with Gasteiger partial charge in [-0.25, -0.2) is 0 Å². The van der Waals surface area contributed by atoms with Crippen LogP contribution < -0.4 is 10.6 Å². The molecule has 4 nitrogen and oxygen atoms in total. The van der Waals surface area contributed by atoms with Crippen molar-refractivity contribution in [3.05, 3.63) is 0 Å². The Bertz CT molecular complexity index is 240. The third kappa shape index (κ3) is 5.62. The Morgan fingerprint density at radius 1 is 1.47 bits per heavy atom. The minimum Gasteiger partial charge on any atom is -0.355 e. The normalized spacial score (nSPS) is 16.9. The summed E-state index contributed by atoms with van der Waals surface area (Å²) in [7, 11) is 0. The molecule has 2 amide bonds. The average molecular weight is 233 g/mol. The average Bonchev–Trinajstić information content (AvgIpc) is 2.95. The minimum atomic E-state index is -0.509. The number of carbonyl (C=O) groups excluding carboxylic acids is 2. The van der Waals surface area contributed by atoms with Crippen LogP contribution in [0.1, 0.15) is 32.6 Å². The second kappa shape index (κ2) is 5.95. The number of hydrogen-bond acceptors (Lipinski definition) is 2. The van der Waals surface area contributed by atoms with E-state index in [0.717, 1.165) is 12.8 Å². The Hall–Kier alpha value is -0.770. The van der Waals surface area contributed by atoms with Crippen molar-refractivity contribution in [3.63, 3.8) is 0 Å². The second-order valence-corrected chi connectivity index (χ2v) is 4.51. The molecule has 1 atom stereocenters. The summed E-state index contributed by atoms with van der Waals surface area (Å²) >= 11 is 5.56. The molecule has 0 aromatic heterocycles. The van der Waals surface area contributed by atoms with E-state index in [0.29, 0.717) is 25.4 Å². The van der Waals surface area contributed by atoms with Gasteiger partial charge in [-0.1, -0.05) is 0 Å². The van der Waals surface area contributed by atoms with Gasteiger partial charge in [0, 0.05) is 19.0 Å². The first-order valence-corrected chi connectivity index (χ1v) is 5.74. The highest BCUT2D eigenvalue weighted by Crippen LogP contribution is 2.18. The Morgan fingerprint density at radius 3 is 2.67 bits per heavy atom. The highest BCUT2D eigenvalue weighted by atomic mass is 35.5. The van der Waals surface area contributed by atoms with Gasteiger partial charge in [0.05, 0.1) is 0 Å². The maximum Gasteiger partial charge on any atom is 0.237 e. The minimum absolute atomic E-state index is 0.0747. The van der Waals surface area contributed by atoms with Gasteiger partial charge in [0.1, 0.15) is 5.38 Å². The number of nitrogens with one attached hydrogen (secondary N) is 2. The summed E-state index contributed by atoms with van der Waals surface area (Å²) in [5.41, 5.74) is 0. The highest BCUT2D eigenvalue weighted by molar-refractivity contribution is 6.30. The fraction of sp³-hybridized carbons (Fsp3) is 0.800. The largest absolute Gasteiger partial charge is 0.355 e. The summed E-state index contributed by atoms with van der Waals surface area (Å²) in [6.45, 7) is 2.13. The first kappa shape index (κ1) is 12.3. The van der Waals surface area contributed by atoms with Gasteiger partial charge in [-0.15, -0.1) is 11.6 Å². The van der Waals surface area contributed by atoms with Crippen molar-refractivity contribution < 1.29 is 9.59 Å². The quantitative estimate of drug-likeness (QED) is 0.526. The number of amides is 2. The van der Waals surface area contributed by atoms with Crippen LogP contribution in [-0.4, -0.2) is 29.8 Å². The Labute approximate surface area is 94.7 Å². The molecule has 0 bridgehead atoms. The lowest BCUT2D eigenvalue weighted by Gasteiger charge is -2.06. The number of alkyl halides is 1. The third-order valence-electron chi connectivity index (χ3n) is 2.18. The lowest BCUT2D eigenvalue weighted by molar-refractivity contribution is -0.122. The summed E-state index contributed by atoms with van der Waals surface area (Å²) in [6, 6.07) is 0.412. The van der Waals surface area contributed by atoms with Crippen molar-refractivity contribution in [1.82, 2.24) is 10.6 Å². The van der Waals surface area contributed by atoms with Crippen molar-refractivity contribution in [2.24, 2.45) is 0 Å². The molecule has 0 aliphatic heterocycles. The fourth-order valence-electron chi connectivity index (χ4n) is 1.13. The van der Waals surface area contributed by atoms with Crippen molar-refractivity contribution in [2.75, 3.05) is 6.54 Å². The topological polar surface area (TPSA) is 58.2 Å². The van der Waals surface area contributed by atoms with Crippen molar-refractivity contribution in [3.8, 4) is 0 Å². The van der Waals surface area contributed by atoms with Gasteiger partial charge in [0.25, 0.3) is 0 Å². The van der Waals surface area contributed by atoms with Gasteiger partial charge >= 0.3 is 0 Å². The number of halogens is 1. The predicted octanol–water partition coefficient (Wildman–Crippen LogP) is 0.789. The van der Waals surface area contributed by atoms with Crippen LogP contribution in [-0.2, 0) is 9.59 Å². The van der Waals surface area contributed by atoms with Gasteiger partial charge in [0.2, 0.25) is 11.8 Å². The summed E-state index contributed by atoms with van der Waals surface area (Å²) in [6.07, 6.45) is 3.33. The van der Waals surface area contributed by atoms with E-state index in [-0.39, 0.29) is 11.8 Å². The zero-order chi connectivity index (χ0) is 11.3. The first-order valence-electron chi connectivity index (χ1n) is 5.30. The molecule has 0 radical (unpaired) electrons. The van der Waals surface area contributed by atoms with E-state index in [1.807, 2.05) is 0 Å². The molecule has 0 heterocycles. The molecule has 1 saturated carbocycles. The summed E-state index contributed by atoms with van der Waals surface area (Å²) < 4.78 is 0. The van der Waals surface area contributed by atoms with Gasteiger partial charge in [-0.2, -0.15) is 0 Å².